The van der Waals surface area contributed by atoms with Crippen LogP contribution < -0.4 is 11.1 Å². The number of nitrogen functional groups attached to an aromatic ring is 1. The molecule has 5 heteroatoms. The van der Waals surface area contributed by atoms with Gasteiger partial charge in [-0.1, -0.05) is 57.7 Å². The summed E-state index contributed by atoms with van der Waals surface area (Å²) in [4.78, 5) is 11.8. The first-order valence-corrected chi connectivity index (χ1v) is 11.1. The van der Waals surface area contributed by atoms with Crippen molar-refractivity contribution in [2.24, 2.45) is 0 Å². The van der Waals surface area contributed by atoms with Gasteiger partial charge in [0, 0.05) is 23.2 Å². The molecule has 0 aliphatic carbocycles. The van der Waals surface area contributed by atoms with Crippen molar-refractivity contribution in [1.82, 2.24) is 5.32 Å². The Morgan fingerprint density at radius 3 is 2.42 bits per heavy atom. The molecule has 0 fully saturated rings. The molecule has 0 bridgehead atoms. The highest BCUT2D eigenvalue weighted by Gasteiger charge is 2.16. The van der Waals surface area contributed by atoms with E-state index in [-0.39, 0.29) is 0 Å². The lowest BCUT2D eigenvalue weighted by molar-refractivity contribution is 0.0523. The summed E-state index contributed by atoms with van der Waals surface area (Å²) in [5.74, 6) is 0. The highest BCUT2D eigenvalue weighted by atomic mass is 16.6. The minimum absolute atomic E-state index is 0.381. The first-order valence-electron chi connectivity index (χ1n) is 11.1. The molecule has 3 rings (SSSR count). The predicted octanol–water partition coefficient (Wildman–Crippen LogP) is 7.29. The highest BCUT2D eigenvalue weighted by molar-refractivity contribution is 5.95. The molecule has 3 aromatic rings. The van der Waals surface area contributed by atoms with E-state index in [9.17, 15) is 4.79 Å². The monoisotopic (exact) mass is 424 g/mol. The van der Waals surface area contributed by atoms with Crippen LogP contribution in [0.25, 0.3) is 22.1 Å². The van der Waals surface area contributed by atoms with E-state index in [2.05, 4.69) is 19.2 Å². The third-order valence-electron chi connectivity index (χ3n) is 4.60. The number of anilines is 1. The number of amides is 1. The average Bonchev–Trinajstić information content (AvgIpc) is 3.18. The normalized spacial score (nSPS) is 11.0. The van der Waals surface area contributed by atoms with Gasteiger partial charge in [0.15, 0.2) is 0 Å². The first-order chi connectivity index (χ1) is 14.7. The Balaban J connectivity index is 0.000000501. The number of ether oxygens (including phenoxy) is 1. The quantitative estimate of drug-likeness (QED) is 0.321. The highest BCUT2D eigenvalue weighted by Crippen LogP contribution is 2.32. The molecule has 3 N–H and O–H groups in total. The van der Waals surface area contributed by atoms with Gasteiger partial charge in [0.05, 0.1) is 6.26 Å². The molecule has 1 aromatic heterocycles. The van der Waals surface area contributed by atoms with Gasteiger partial charge in [-0.3, -0.25) is 0 Å². The molecule has 0 saturated heterocycles. The maximum Gasteiger partial charge on any atom is 0.407 e. The lowest BCUT2D eigenvalue weighted by Crippen LogP contribution is -2.32. The third-order valence-corrected chi connectivity index (χ3v) is 4.60. The molecule has 2 aromatic carbocycles. The second kappa shape index (κ2) is 11.4. The zero-order valence-corrected chi connectivity index (χ0v) is 19.5. The van der Waals surface area contributed by atoms with Crippen molar-refractivity contribution in [2.45, 2.75) is 72.4 Å². The molecule has 1 heterocycles. The number of furan rings is 1. The lowest BCUT2D eigenvalue weighted by atomic mass is 10.0. The van der Waals surface area contributed by atoms with Gasteiger partial charge < -0.3 is 20.2 Å². The Labute approximate surface area is 186 Å². The van der Waals surface area contributed by atoms with E-state index in [4.69, 9.17) is 14.9 Å². The number of nitrogens with one attached hydrogen (secondary N) is 1. The molecular formula is C26H36N2O3. The van der Waals surface area contributed by atoms with Crippen molar-refractivity contribution in [3.63, 3.8) is 0 Å². The van der Waals surface area contributed by atoms with Crippen molar-refractivity contribution >= 4 is 22.7 Å². The van der Waals surface area contributed by atoms with E-state index in [1.807, 2.05) is 63.2 Å². The maximum atomic E-state index is 11.8. The molecular weight excluding hydrogens is 388 g/mol. The van der Waals surface area contributed by atoms with Crippen molar-refractivity contribution < 1.29 is 13.9 Å². The zero-order valence-electron chi connectivity index (χ0n) is 19.5. The summed E-state index contributed by atoms with van der Waals surface area (Å²) in [6, 6.07) is 13.6. The third kappa shape index (κ3) is 8.00. The summed E-state index contributed by atoms with van der Waals surface area (Å²) in [5.41, 5.74) is 9.84. The van der Waals surface area contributed by atoms with Crippen LogP contribution in [0, 0.1) is 0 Å². The fraction of sp³-hybridized carbons (Fsp3) is 0.423. The summed E-state index contributed by atoms with van der Waals surface area (Å²) in [7, 11) is 0. The summed E-state index contributed by atoms with van der Waals surface area (Å²) in [5, 5.41) is 3.73. The van der Waals surface area contributed by atoms with Crippen LogP contribution in [-0.4, -0.2) is 11.7 Å². The van der Waals surface area contributed by atoms with Crippen LogP contribution >= 0.6 is 0 Å². The summed E-state index contributed by atoms with van der Waals surface area (Å²) >= 11 is 0. The van der Waals surface area contributed by atoms with Crippen LogP contribution in [0.1, 0.15) is 65.9 Å². The molecule has 0 spiro atoms. The maximum absolute atomic E-state index is 11.8. The number of hydrogen-bond donors (Lipinski definition) is 2. The Morgan fingerprint density at radius 2 is 1.77 bits per heavy atom. The van der Waals surface area contributed by atoms with Crippen LogP contribution in [-0.2, 0) is 11.3 Å². The summed E-state index contributed by atoms with van der Waals surface area (Å²) in [6.45, 7) is 10.3. The second-order valence-corrected chi connectivity index (χ2v) is 8.67. The summed E-state index contributed by atoms with van der Waals surface area (Å²) < 4.78 is 10.9. The topological polar surface area (TPSA) is 77.5 Å². The SMILES string of the molecule is CC(C)(C)OC(=O)NCc1cccc(-c2cc(N)cc3ccoc23)c1.CCCCCC. The van der Waals surface area contributed by atoms with Gasteiger partial charge in [0.1, 0.15) is 11.2 Å². The molecule has 0 atom stereocenters. The van der Waals surface area contributed by atoms with Gasteiger partial charge in [0.25, 0.3) is 0 Å². The minimum atomic E-state index is -0.515. The molecule has 0 unspecified atom stereocenters. The van der Waals surface area contributed by atoms with Crippen LogP contribution in [0.2, 0.25) is 0 Å². The number of fused-ring (bicyclic) bond motifs is 1. The van der Waals surface area contributed by atoms with Gasteiger partial charge in [0.2, 0.25) is 0 Å². The Hall–Kier alpha value is -2.95. The number of nitrogens with two attached hydrogens (primary N) is 1. The lowest BCUT2D eigenvalue weighted by Gasteiger charge is -2.19. The predicted molar refractivity (Wildman–Crippen MR) is 129 cm³/mol. The van der Waals surface area contributed by atoms with Gasteiger partial charge in [-0.2, -0.15) is 0 Å². The van der Waals surface area contributed by atoms with Crippen molar-refractivity contribution in [2.75, 3.05) is 5.73 Å². The fourth-order valence-corrected chi connectivity index (χ4v) is 3.16. The number of rotatable bonds is 6. The minimum Gasteiger partial charge on any atom is -0.464 e. The molecule has 0 saturated carbocycles. The van der Waals surface area contributed by atoms with Crippen LogP contribution in [0.15, 0.2) is 53.1 Å². The number of alkyl carbamates (subject to hydrolysis) is 1. The fourth-order valence-electron chi connectivity index (χ4n) is 3.16. The Kier molecular flexibility index (Phi) is 8.98. The number of carbonyl (C=O) groups is 1. The standard InChI is InChI=1S/C20H22N2O3.C6H14/c1-20(2,3)25-19(23)22-12-13-5-4-6-14(9-13)17-11-16(21)10-15-7-8-24-18(15)17;1-3-5-6-4-2/h4-11H,12,21H2,1-3H3,(H,22,23);3-6H2,1-2H3. The number of benzene rings is 2. The zero-order chi connectivity index (χ0) is 22.9. The molecule has 0 aliphatic rings. The molecule has 5 nitrogen and oxygen atoms in total. The molecule has 0 aliphatic heterocycles. The van der Waals surface area contributed by atoms with Gasteiger partial charge in [-0.15, -0.1) is 0 Å². The van der Waals surface area contributed by atoms with Crippen LogP contribution in [0.3, 0.4) is 0 Å². The van der Waals surface area contributed by atoms with Gasteiger partial charge in [-0.25, -0.2) is 4.79 Å². The number of hydrogen-bond acceptors (Lipinski definition) is 4. The smallest absolute Gasteiger partial charge is 0.407 e. The van der Waals surface area contributed by atoms with E-state index in [0.717, 1.165) is 27.7 Å². The van der Waals surface area contributed by atoms with Crippen molar-refractivity contribution in [3.8, 4) is 11.1 Å². The van der Waals surface area contributed by atoms with E-state index in [0.29, 0.717) is 12.2 Å². The van der Waals surface area contributed by atoms with Crippen LogP contribution in [0.4, 0.5) is 10.5 Å². The molecule has 31 heavy (non-hydrogen) atoms. The van der Waals surface area contributed by atoms with Crippen molar-refractivity contribution in [1.29, 1.82) is 0 Å². The Bertz CT molecular complexity index is 966. The van der Waals surface area contributed by atoms with E-state index in [1.165, 1.54) is 25.7 Å². The molecule has 1 amide bonds. The van der Waals surface area contributed by atoms with E-state index in [1.54, 1.807) is 6.26 Å². The van der Waals surface area contributed by atoms with Crippen molar-refractivity contribution in [3.05, 3.63) is 54.3 Å². The second-order valence-electron chi connectivity index (χ2n) is 8.67. The molecule has 0 radical (unpaired) electrons. The van der Waals surface area contributed by atoms with Gasteiger partial charge in [-0.05, 0) is 56.2 Å². The first kappa shape index (κ1) is 24.3. The van der Waals surface area contributed by atoms with E-state index < -0.39 is 11.7 Å². The Morgan fingerprint density at radius 1 is 1.06 bits per heavy atom. The largest absolute Gasteiger partial charge is 0.464 e. The van der Waals surface area contributed by atoms with Gasteiger partial charge >= 0.3 is 6.09 Å². The van der Waals surface area contributed by atoms with E-state index >= 15 is 0 Å². The summed E-state index contributed by atoms with van der Waals surface area (Å²) in [6.07, 6.45) is 6.76. The average molecular weight is 425 g/mol. The molecule has 168 valence electrons. The number of carbonyl (C=O) groups excluding carboxylic acids is 1. The number of unbranched alkanes of at least 4 members (excludes halogenated alkanes) is 3. The van der Waals surface area contributed by atoms with Crippen LogP contribution in [0.5, 0.6) is 0 Å².